The van der Waals surface area contributed by atoms with Crippen molar-refractivity contribution < 1.29 is 33.3 Å². The summed E-state index contributed by atoms with van der Waals surface area (Å²) in [5.41, 5.74) is -0.720. The maximum atomic E-state index is 12.1. The van der Waals surface area contributed by atoms with E-state index in [9.17, 15) is 10.1 Å². The molecule has 10 nitrogen and oxygen atoms in total. The van der Waals surface area contributed by atoms with Gasteiger partial charge in [-0.05, 0) is 52.0 Å². The van der Waals surface area contributed by atoms with Crippen LogP contribution in [0.1, 0.15) is 41.5 Å². The van der Waals surface area contributed by atoms with Crippen molar-refractivity contribution >= 4 is 5.69 Å². The van der Waals surface area contributed by atoms with Crippen LogP contribution < -0.4 is 10.1 Å². The standard InChI is InChI=1S/C22H32N2O8/c1-20(2,24(25)26)18(23-12-8-10-13(27-7)11-9-12)16-14-15(30-21(3,4)29-14)17-19(28-16)32-22(5,6)31-17/h8-11,14-19,23H,1-7H3/t14-,15+,16+,17-,18+,19-/m1/s1. The molecule has 3 aliphatic heterocycles. The first kappa shape index (κ1) is 23.2. The van der Waals surface area contributed by atoms with E-state index < -0.39 is 53.9 Å². The molecule has 0 bridgehead atoms. The zero-order valence-corrected chi connectivity index (χ0v) is 19.5. The summed E-state index contributed by atoms with van der Waals surface area (Å²) >= 11 is 0. The van der Waals surface area contributed by atoms with Crippen molar-refractivity contribution in [1.82, 2.24) is 0 Å². The van der Waals surface area contributed by atoms with Gasteiger partial charge in [-0.25, -0.2) is 0 Å². The molecule has 0 unspecified atom stereocenters. The molecule has 32 heavy (non-hydrogen) atoms. The lowest BCUT2D eigenvalue weighted by molar-refractivity contribution is -0.566. The summed E-state index contributed by atoms with van der Waals surface area (Å²) in [4.78, 5) is 11.8. The number of nitrogens with one attached hydrogen (secondary N) is 1. The number of rotatable bonds is 6. The summed E-state index contributed by atoms with van der Waals surface area (Å²) < 4.78 is 35.9. The first-order valence-electron chi connectivity index (χ1n) is 10.7. The fraction of sp³-hybridized carbons (Fsp3) is 0.727. The van der Waals surface area contributed by atoms with Crippen molar-refractivity contribution in [3.63, 3.8) is 0 Å². The molecular weight excluding hydrogens is 420 g/mol. The van der Waals surface area contributed by atoms with Crippen LogP contribution in [0, 0.1) is 10.1 Å². The molecule has 0 radical (unpaired) electrons. The molecule has 1 aromatic carbocycles. The highest BCUT2D eigenvalue weighted by Gasteiger charge is 2.64. The van der Waals surface area contributed by atoms with Gasteiger partial charge in [0.05, 0.1) is 7.11 Å². The molecular formula is C22H32N2O8. The van der Waals surface area contributed by atoms with Gasteiger partial charge in [0.1, 0.15) is 36.2 Å². The Hall–Kier alpha value is -1.98. The zero-order chi connectivity index (χ0) is 23.5. The minimum absolute atomic E-state index is 0.310. The van der Waals surface area contributed by atoms with Crippen molar-refractivity contribution in [2.24, 2.45) is 0 Å². The van der Waals surface area contributed by atoms with Gasteiger partial charge in [-0.3, -0.25) is 10.1 Å². The van der Waals surface area contributed by atoms with Crippen LogP contribution in [0.15, 0.2) is 24.3 Å². The molecule has 6 atom stereocenters. The van der Waals surface area contributed by atoms with Crippen molar-refractivity contribution in [3.8, 4) is 5.75 Å². The van der Waals surface area contributed by atoms with E-state index >= 15 is 0 Å². The van der Waals surface area contributed by atoms with Crippen molar-refractivity contribution in [3.05, 3.63) is 34.4 Å². The minimum atomic E-state index is -1.41. The molecule has 3 saturated heterocycles. The molecule has 1 aromatic rings. The van der Waals surface area contributed by atoms with Crippen LogP contribution in [0.3, 0.4) is 0 Å². The largest absolute Gasteiger partial charge is 0.497 e. The Morgan fingerprint density at radius 2 is 1.56 bits per heavy atom. The molecule has 0 spiro atoms. The number of hydrogen-bond acceptors (Lipinski definition) is 9. The molecule has 0 amide bonds. The summed E-state index contributed by atoms with van der Waals surface area (Å²) in [5, 5.41) is 15.4. The van der Waals surface area contributed by atoms with Gasteiger partial charge in [0.2, 0.25) is 5.54 Å². The molecule has 0 aromatic heterocycles. The van der Waals surface area contributed by atoms with Crippen LogP contribution in [0.5, 0.6) is 5.75 Å². The maximum Gasteiger partial charge on any atom is 0.239 e. The molecule has 0 saturated carbocycles. The van der Waals surface area contributed by atoms with E-state index in [0.717, 1.165) is 0 Å². The highest BCUT2D eigenvalue weighted by Crippen LogP contribution is 2.46. The first-order valence-corrected chi connectivity index (χ1v) is 10.7. The summed E-state index contributed by atoms with van der Waals surface area (Å²) in [6, 6.07) is 6.41. The Bertz CT molecular complexity index is 856. The van der Waals surface area contributed by atoms with E-state index in [0.29, 0.717) is 11.4 Å². The molecule has 1 N–H and O–H groups in total. The van der Waals surface area contributed by atoms with Crippen LogP contribution >= 0.6 is 0 Å². The normalized spacial score (nSPS) is 33.8. The highest BCUT2D eigenvalue weighted by molar-refractivity contribution is 5.48. The molecule has 3 heterocycles. The maximum absolute atomic E-state index is 12.1. The first-order chi connectivity index (χ1) is 14.8. The second-order valence-corrected chi connectivity index (χ2v) is 9.90. The van der Waals surface area contributed by atoms with Gasteiger partial charge in [0.15, 0.2) is 17.9 Å². The zero-order valence-electron chi connectivity index (χ0n) is 19.5. The lowest BCUT2D eigenvalue weighted by atomic mass is 9.84. The van der Waals surface area contributed by atoms with Crippen LogP contribution in [-0.2, 0) is 23.7 Å². The second kappa shape index (κ2) is 7.81. The van der Waals surface area contributed by atoms with E-state index in [2.05, 4.69) is 5.32 Å². The summed E-state index contributed by atoms with van der Waals surface area (Å²) in [5.74, 6) is -1.08. The number of nitrogens with zero attached hydrogens (tertiary/aromatic N) is 1. The van der Waals surface area contributed by atoms with Gasteiger partial charge in [-0.15, -0.1) is 0 Å². The van der Waals surface area contributed by atoms with Crippen LogP contribution in [0.4, 0.5) is 5.69 Å². The third kappa shape index (κ3) is 4.17. The molecule has 0 aliphatic carbocycles. The number of benzene rings is 1. The lowest BCUT2D eigenvalue weighted by Crippen LogP contribution is -2.65. The van der Waals surface area contributed by atoms with Gasteiger partial charge < -0.3 is 33.7 Å². The van der Waals surface area contributed by atoms with Crippen molar-refractivity contribution in [2.45, 2.75) is 95.4 Å². The van der Waals surface area contributed by atoms with Crippen LogP contribution in [0.25, 0.3) is 0 Å². The third-order valence-corrected chi connectivity index (χ3v) is 6.16. The average molecular weight is 453 g/mol. The number of nitro groups is 1. The Labute approximate surface area is 187 Å². The Morgan fingerprint density at radius 1 is 1.00 bits per heavy atom. The van der Waals surface area contributed by atoms with Gasteiger partial charge in [0.25, 0.3) is 0 Å². The fourth-order valence-corrected chi connectivity index (χ4v) is 4.55. The quantitative estimate of drug-likeness (QED) is 0.514. The van der Waals surface area contributed by atoms with Crippen LogP contribution in [0.2, 0.25) is 0 Å². The van der Waals surface area contributed by atoms with E-state index in [-0.39, 0.29) is 4.92 Å². The Kier molecular flexibility index (Phi) is 5.66. The number of anilines is 1. The van der Waals surface area contributed by atoms with E-state index in [1.165, 1.54) is 0 Å². The molecule has 3 fully saturated rings. The minimum Gasteiger partial charge on any atom is -0.497 e. The second-order valence-electron chi connectivity index (χ2n) is 9.90. The SMILES string of the molecule is COc1ccc(N[C@@H]([C@H]2O[C@@H]3OC(C)(C)O[C@@H]3[C@H]3OC(C)(C)O[C@H]32)C(C)(C)[N+](=O)[O-])cc1. The van der Waals surface area contributed by atoms with Gasteiger partial charge >= 0.3 is 0 Å². The number of hydrogen-bond donors (Lipinski definition) is 1. The predicted octanol–water partition coefficient (Wildman–Crippen LogP) is 2.93. The molecule has 178 valence electrons. The van der Waals surface area contributed by atoms with E-state index in [1.54, 1.807) is 59.1 Å². The topological polar surface area (TPSA) is 111 Å². The lowest BCUT2D eigenvalue weighted by Gasteiger charge is -2.43. The highest BCUT2D eigenvalue weighted by atomic mass is 16.9. The van der Waals surface area contributed by atoms with Crippen molar-refractivity contribution in [1.29, 1.82) is 0 Å². The van der Waals surface area contributed by atoms with Gasteiger partial charge in [0, 0.05) is 24.5 Å². The van der Waals surface area contributed by atoms with Crippen molar-refractivity contribution in [2.75, 3.05) is 12.4 Å². The smallest absolute Gasteiger partial charge is 0.239 e. The van der Waals surface area contributed by atoms with Gasteiger partial charge in [-0.2, -0.15) is 0 Å². The predicted molar refractivity (Wildman–Crippen MR) is 114 cm³/mol. The van der Waals surface area contributed by atoms with Crippen LogP contribution in [-0.4, -0.2) is 65.9 Å². The third-order valence-electron chi connectivity index (χ3n) is 6.16. The monoisotopic (exact) mass is 452 g/mol. The number of fused-ring (bicyclic) bond motifs is 3. The summed E-state index contributed by atoms with van der Waals surface area (Å²) in [7, 11) is 1.58. The number of methoxy groups -OCH3 is 1. The summed E-state index contributed by atoms with van der Waals surface area (Å²) in [6.07, 6.45) is -3.09. The van der Waals surface area contributed by atoms with E-state index in [1.807, 2.05) is 13.8 Å². The Morgan fingerprint density at radius 3 is 2.16 bits per heavy atom. The molecule has 4 rings (SSSR count). The molecule has 10 heteroatoms. The molecule has 3 aliphatic rings. The summed E-state index contributed by atoms with van der Waals surface area (Å²) in [6.45, 7) is 10.3. The fourth-order valence-electron chi connectivity index (χ4n) is 4.55. The number of ether oxygens (including phenoxy) is 6. The van der Waals surface area contributed by atoms with E-state index in [4.69, 9.17) is 28.4 Å². The van der Waals surface area contributed by atoms with Gasteiger partial charge in [-0.1, -0.05) is 0 Å². The Balaban J connectivity index is 1.71. The average Bonchev–Trinajstić information content (AvgIpc) is 3.19.